The Hall–Kier alpha value is -1.48. The third kappa shape index (κ3) is 24.0. The molecule has 106 valence electrons. The summed E-state index contributed by atoms with van der Waals surface area (Å²) in [7, 11) is -4.10. The standard InChI is InChI=1S/C4H6O4.C3H8NO5P/c5-3(6)1-2-4(7)8;5-3(6)1-4-2-10(7,8)9/h1-2H2,(H,5,6)(H,7,8);4H,1-2H2,(H,5,6)(H2,7,8,9). The van der Waals surface area contributed by atoms with Crippen molar-refractivity contribution in [3.63, 3.8) is 0 Å². The lowest BCUT2D eigenvalue weighted by Gasteiger charge is -2.02. The third-order valence-electron chi connectivity index (χ3n) is 1.15. The van der Waals surface area contributed by atoms with Gasteiger partial charge in [-0.25, -0.2) is 0 Å². The number of nitrogens with one attached hydrogen (secondary N) is 1. The van der Waals surface area contributed by atoms with E-state index in [1.165, 1.54) is 0 Å². The zero-order valence-corrected chi connectivity index (χ0v) is 10.0. The van der Waals surface area contributed by atoms with E-state index in [1.807, 2.05) is 0 Å². The summed E-state index contributed by atoms with van der Waals surface area (Å²) in [5.41, 5.74) is 0. The van der Waals surface area contributed by atoms with Gasteiger partial charge in [-0.05, 0) is 0 Å². The molecule has 0 aliphatic carbocycles. The molecule has 18 heavy (non-hydrogen) atoms. The minimum absolute atomic E-state index is 0.296. The van der Waals surface area contributed by atoms with E-state index in [0.717, 1.165) is 0 Å². The molecular weight excluding hydrogens is 273 g/mol. The van der Waals surface area contributed by atoms with Crippen LogP contribution in [0.25, 0.3) is 0 Å². The lowest BCUT2D eigenvalue weighted by molar-refractivity contribution is -0.143. The van der Waals surface area contributed by atoms with Crippen LogP contribution in [-0.4, -0.2) is 55.8 Å². The van der Waals surface area contributed by atoms with E-state index in [0.29, 0.717) is 0 Å². The average molecular weight is 287 g/mol. The number of rotatable bonds is 7. The van der Waals surface area contributed by atoms with Gasteiger partial charge in [0.15, 0.2) is 0 Å². The van der Waals surface area contributed by atoms with Crippen LogP contribution in [0.1, 0.15) is 12.8 Å². The maximum absolute atomic E-state index is 10.1. The van der Waals surface area contributed by atoms with Gasteiger partial charge in [0.25, 0.3) is 0 Å². The molecule has 0 aromatic heterocycles. The molecule has 0 saturated heterocycles. The summed E-state index contributed by atoms with van der Waals surface area (Å²) in [5, 5.41) is 25.9. The molecule has 0 saturated carbocycles. The predicted octanol–water partition coefficient (Wildman–Crippen LogP) is -1.27. The monoisotopic (exact) mass is 287 g/mol. The maximum Gasteiger partial charge on any atom is 0.339 e. The molecule has 0 unspecified atom stereocenters. The summed E-state index contributed by atoms with van der Waals surface area (Å²) in [5.74, 6) is -3.30. The van der Waals surface area contributed by atoms with Crippen LogP contribution in [0.15, 0.2) is 0 Å². The summed E-state index contributed by atoms with van der Waals surface area (Å²) in [6.07, 6.45) is -1.19. The fraction of sp³-hybridized carbons (Fsp3) is 0.571. The Balaban J connectivity index is 0. The van der Waals surface area contributed by atoms with Crippen molar-refractivity contribution in [2.75, 3.05) is 12.8 Å². The molecule has 0 spiro atoms. The Bertz CT molecular complexity index is 322. The highest BCUT2D eigenvalue weighted by Gasteiger charge is 2.11. The fourth-order valence-corrected chi connectivity index (χ4v) is 0.925. The largest absolute Gasteiger partial charge is 0.481 e. The molecule has 0 heterocycles. The van der Waals surface area contributed by atoms with E-state index in [2.05, 4.69) is 5.32 Å². The molecule has 6 N–H and O–H groups in total. The lowest BCUT2D eigenvalue weighted by atomic mass is 10.3. The Morgan fingerprint density at radius 3 is 1.50 bits per heavy atom. The zero-order valence-electron chi connectivity index (χ0n) is 9.14. The molecule has 11 heteroatoms. The van der Waals surface area contributed by atoms with Gasteiger partial charge < -0.3 is 25.1 Å². The SMILES string of the molecule is O=C(O)CCC(=O)O.O=C(O)CNCP(=O)(O)O. The van der Waals surface area contributed by atoms with Crippen LogP contribution in [0.4, 0.5) is 0 Å². The summed E-state index contributed by atoms with van der Waals surface area (Å²) in [6.45, 7) is -0.439. The molecular formula is C7H14NO9P. The zero-order chi connectivity index (χ0) is 14.8. The van der Waals surface area contributed by atoms with Crippen molar-refractivity contribution in [1.82, 2.24) is 5.32 Å². The second-order valence-corrected chi connectivity index (χ2v) is 4.58. The first-order valence-electron chi connectivity index (χ1n) is 4.45. The number of carbonyl (C=O) groups is 3. The molecule has 0 rings (SSSR count). The first-order valence-corrected chi connectivity index (χ1v) is 6.25. The van der Waals surface area contributed by atoms with Crippen LogP contribution in [0.3, 0.4) is 0 Å². The van der Waals surface area contributed by atoms with Gasteiger partial charge in [0.2, 0.25) is 0 Å². The fourth-order valence-electron chi connectivity index (χ4n) is 0.522. The van der Waals surface area contributed by atoms with Crippen LogP contribution in [0, 0.1) is 0 Å². The molecule has 0 fully saturated rings. The number of carboxylic acids is 3. The van der Waals surface area contributed by atoms with Gasteiger partial charge in [-0.3, -0.25) is 24.3 Å². The molecule has 0 aromatic rings. The lowest BCUT2D eigenvalue weighted by Crippen LogP contribution is -2.23. The summed E-state index contributed by atoms with van der Waals surface area (Å²) in [4.78, 5) is 45.4. The summed E-state index contributed by atoms with van der Waals surface area (Å²) < 4.78 is 10.1. The van der Waals surface area contributed by atoms with Crippen LogP contribution in [0.2, 0.25) is 0 Å². The molecule has 0 aliphatic heterocycles. The topological polar surface area (TPSA) is 181 Å². The van der Waals surface area contributed by atoms with E-state index >= 15 is 0 Å². The van der Waals surface area contributed by atoms with E-state index in [9.17, 15) is 18.9 Å². The van der Waals surface area contributed by atoms with Gasteiger partial charge >= 0.3 is 25.5 Å². The molecule has 0 atom stereocenters. The van der Waals surface area contributed by atoms with Crippen LogP contribution < -0.4 is 5.32 Å². The molecule has 10 nitrogen and oxygen atoms in total. The average Bonchev–Trinajstić information content (AvgIpc) is 2.13. The minimum atomic E-state index is -4.10. The van der Waals surface area contributed by atoms with Gasteiger partial charge in [0.1, 0.15) is 0 Å². The molecule has 0 amide bonds. The van der Waals surface area contributed by atoms with Crippen LogP contribution >= 0.6 is 7.60 Å². The molecule has 0 bridgehead atoms. The van der Waals surface area contributed by atoms with Crippen molar-refractivity contribution in [2.45, 2.75) is 12.8 Å². The summed E-state index contributed by atoms with van der Waals surface area (Å²) in [6, 6.07) is 0. The molecule has 0 aromatic carbocycles. The normalized spacial score (nSPS) is 10.1. The van der Waals surface area contributed by atoms with Crippen molar-refractivity contribution in [2.24, 2.45) is 0 Å². The smallest absolute Gasteiger partial charge is 0.339 e. The Labute approximate surface area is 101 Å². The number of aliphatic carboxylic acids is 3. The van der Waals surface area contributed by atoms with E-state index in [4.69, 9.17) is 25.1 Å². The second-order valence-electron chi connectivity index (χ2n) is 2.93. The molecule has 0 radical (unpaired) electrons. The van der Waals surface area contributed by atoms with Gasteiger partial charge in [-0.1, -0.05) is 0 Å². The second kappa shape index (κ2) is 9.54. The highest BCUT2D eigenvalue weighted by Crippen LogP contribution is 2.31. The van der Waals surface area contributed by atoms with Crippen molar-refractivity contribution >= 4 is 25.5 Å². The highest BCUT2D eigenvalue weighted by molar-refractivity contribution is 7.51. The first-order chi connectivity index (χ1) is 8.04. The van der Waals surface area contributed by atoms with Crippen molar-refractivity contribution in [1.29, 1.82) is 0 Å². The van der Waals surface area contributed by atoms with E-state index < -0.39 is 38.3 Å². The Morgan fingerprint density at radius 2 is 1.28 bits per heavy atom. The quantitative estimate of drug-likeness (QED) is 0.309. The van der Waals surface area contributed by atoms with Gasteiger partial charge in [-0.15, -0.1) is 0 Å². The first kappa shape index (κ1) is 18.9. The highest BCUT2D eigenvalue weighted by atomic mass is 31.2. The Morgan fingerprint density at radius 1 is 0.889 bits per heavy atom. The Kier molecular flexibility index (Phi) is 10.0. The number of hydrogen-bond donors (Lipinski definition) is 6. The van der Waals surface area contributed by atoms with E-state index in [1.54, 1.807) is 0 Å². The van der Waals surface area contributed by atoms with Crippen LogP contribution in [0.5, 0.6) is 0 Å². The van der Waals surface area contributed by atoms with Gasteiger partial charge in [0, 0.05) is 0 Å². The maximum atomic E-state index is 10.1. The van der Waals surface area contributed by atoms with Crippen molar-refractivity contribution in [3.05, 3.63) is 0 Å². The number of hydrogen-bond acceptors (Lipinski definition) is 5. The van der Waals surface area contributed by atoms with E-state index in [-0.39, 0.29) is 12.8 Å². The minimum Gasteiger partial charge on any atom is -0.481 e. The van der Waals surface area contributed by atoms with Gasteiger partial charge in [0.05, 0.1) is 25.7 Å². The number of carboxylic acid groups (broad SMARTS) is 3. The van der Waals surface area contributed by atoms with Crippen molar-refractivity contribution in [3.8, 4) is 0 Å². The summed E-state index contributed by atoms with van der Waals surface area (Å²) >= 11 is 0. The molecule has 0 aliphatic rings. The van der Waals surface area contributed by atoms with Crippen LogP contribution in [-0.2, 0) is 18.9 Å². The van der Waals surface area contributed by atoms with Crippen molar-refractivity contribution < 1.29 is 44.1 Å². The van der Waals surface area contributed by atoms with Gasteiger partial charge in [-0.2, -0.15) is 0 Å². The third-order valence-corrected chi connectivity index (χ3v) is 1.78. The predicted molar refractivity (Wildman–Crippen MR) is 57.1 cm³/mol.